The molecule has 0 radical (unpaired) electrons. The topological polar surface area (TPSA) is 90.6 Å². The highest BCUT2D eigenvalue weighted by molar-refractivity contribution is 8.18. The van der Waals surface area contributed by atoms with Gasteiger partial charge in [0.1, 0.15) is 12.4 Å². The summed E-state index contributed by atoms with van der Waals surface area (Å²) >= 11 is 1.36. The second kappa shape index (κ2) is 13.7. The summed E-state index contributed by atoms with van der Waals surface area (Å²) in [5.74, 6) is 0.929. The van der Waals surface area contributed by atoms with Gasteiger partial charge in [0.05, 0.1) is 24.8 Å². The first-order valence-corrected chi connectivity index (χ1v) is 14.2. The lowest BCUT2D eigenvalue weighted by atomic mass is 10.1. The van der Waals surface area contributed by atoms with Gasteiger partial charge >= 0.3 is 5.97 Å². The van der Waals surface area contributed by atoms with Crippen LogP contribution in [0.4, 0.5) is 5.69 Å². The summed E-state index contributed by atoms with van der Waals surface area (Å²) in [6, 6.07) is 28.5. The normalized spacial score (nSPS) is 14.9. The molecule has 0 unspecified atom stereocenters. The number of benzene rings is 3. The highest BCUT2D eigenvalue weighted by Crippen LogP contribution is 2.36. The van der Waals surface area contributed by atoms with Crippen LogP contribution in [0, 0.1) is 0 Å². The monoisotopic (exact) mass is 582 g/mol. The number of carbonyl (C=O) groups excluding carboxylic acids is 2. The highest BCUT2D eigenvalue weighted by Gasteiger charge is 2.33. The summed E-state index contributed by atoms with van der Waals surface area (Å²) in [5, 5.41) is 0.655. The maximum atomic E-state index is 13.6. The predicted octanol–water partition coefficient (Wildman–Crippen LogP) is 6.89. The molecular formula is C33H30N2O6S. The number of rotatable bonds is 11. The number of esters is 1. The van der Waals surface area contributed by atoms with Gasteiger partial charge in [0.2, 0.25) is 5.76 Å². The van der Waals surface area contributed by atoms with Crippen molar-refractivity contribution >= 4 is 40.6 Å². The van der Waals surface area contributed by atoms with Gasteiger partial charge < -0.3 is 18.6 Å². The van der Waals surface area contributed by atoms with Crippen molar-refractivity contribution in [2.45, 2.75) is 19.4 Å². The minimum atomic E-state index is -0.553. The van der Waals surface area contributed by atoms with Gasteiger partial charge in [0.15, 0.2) is 16.7 Å². The van der Waals surface area contributed by atoms with E-state index in [1.807, 2.05) is 66.7 Å². The van der Waals surface area contributed by atoms with Gasteiger partial charge in [-0.25, -0.2) is 9.79 Å². The van der Waals surface area contributed by atoms with E-state index in [4.69, 9.17) is 18.9 Å². The smallest absolute Gasteiger partial charge is 0.373 e. The first-order valence-electron chi connectivity index (χ1n) is 13.4. The molecule has 5 rings (SSSR count). The Morgan fingerprint density at radius 1 is 0.952 bits per heavy atom. The van der Waals surface area contributed by atoms with E-state index in [1.54, 1.807) is 24.1 Å². The second-order valence-electron chi connectivity index (χ2n) is 9.34. The van der Waals surface area contributed by atoms with Crippen LogP contribution in [0.3, 0.4) is 0 Å². The molecule has 214 valence electrons. The first kappa shape index (κ1) is 28.8. The van der Waals surface area contributed by atoms with Crippen LogP contribution in [0.25, 0.3) is 6.08 Å². The van der Waals surface area contributed by atoms with Crippen LogP contribution in [0.15, 0.2) is 105 Å². The number of carbonyl (C=O) groups is 2. The van der Waals surface area contributed by atoms with Gasteiger partial charge in [-0.3, -0.25) is 9.69 Å². The molecule has 4 aromatic rings. The highest BCUT2D eigenvalue weighted by atomic mass is 32.2. The molecule has 42 heavy (non-hydrogen) atoms. The standard InChI is InChI=1S/C33H30N2O6S/c1-38-29-20-24(15-17-27(29)40-22-26-16-18-28(41-26)32(37)39-2)21-30-31(36)35(19-9-12-23-10-5-3-6-11-23)33(42-30)34-25-13-7-4-8-14-25/h3-8,10-11,13-18,20-21H,9,12,19,22H2,1-2H3. The molecule has 1 aliphatic heterocycles. The number of amides is 1. The van der Waals surface area contributed by atoms with E-state index in [-0.39, 0.29) is 18.3 Å². The Kier molecular flexibility index (Phi) is 9.41. The van der Waals surface area contributed by atoms with E-state index >= 15 is 0 Å². The summed E-state index contributed by atoms with van der Waals surface area (Å²) in [6.45, 7) is 0.656. The Hall–Kier alpha value is -4.76. The number of hydrogen-bond acceptors (Lipinski definition) is 8. The van der Waals surface area contributed by atoms with Crippen molar-refractivity contribution in [2.24, 2.45) is 4.99 Å². The van der Waals surface area contributed by atoms with Crippen LogP contribution in [0.1, 0.15) is 33.9 Å². The van der Waals surface area contributed by atoms with Gasteiger partial charge in [-0.2, -0.15) is 0 Å². The number of amidine groups is 1. The maximum Gasteiger partial charge on any atom is 0.373 e. The summed E-state index contributed by atoms with van der Waals surface area (Å²) in [4.78, 5) is 32.3. The van der Waals surface area contributed by atoms with Crippen molar-refractivity contribution < 1.29 is 28.2 Å². The molecule has 1 amide bonds. The molecule has 8 nitrogen and oxygen atoms in total. The van der Waals surface area contributed by atoms with Crippen molar-refractivity contribution in [3.8, 4) is 11.5 Å². The van der Waals surface area contributed by atoms with E-state index in [9.17, 15) is 9.59 Å². The first-order chi connectivity index (χ1) is 20.5. The molecule has 1 saturated heterocycles. The number of thioether (sulfide) groups is 1. The number of aryl methyl sites for hydroxylation is 1. The SMILES string of the molecule is COC(=O)c1ccc(COc2ccc(C=C3SC(=Nc4ccccc4)N(CCCc4ccccc4)C3=O)cc2OC)o1. The number of furan rings is 1. The third-order valence-corrected chi connectivity index (χ3v) is 7.47. The summed E-state index contributed by atoms with van der Waals surface area (Å²) in [5.41, 5.74) is 2.81. The molecule has 1 aromatic heterocycles. The molecule has 0 atom stereocenters. The zero-order valence-corrected chi connectivity index (χ0v) is 24.1. The number of nitrogens with zero attached hydrogens (tertiary/aromatic N) is 2. The van der Waals surface area contributed by atoms with Crippen LogP contribution >= 0.6 is 11.8 Å². The zero-order valence-electron chi connectivity index (χ0n) is 23.3. The van der Waals surface area contributed by atoms with Crippen molar-refractivity contribution in [2.75, 3.05) is 20.8 Å². The third-order valence-electron chi connectivity index (χ3n) is 6.46. The number of methoxy groups -OCH3 is 2. The van der Waals surface area contributed by atoms with Gasteiger partial charge in [-0.1, -0.05) is 54.6 Å². The number of ether oxygens (including phenoxy) is 3. The Morgan fingerprint density at radius 3 is 2.45 bits per heavy atom. The molecule has 0 saturated carbocycles. The fourth-order valence-corrected chi connectivity index (χ4v) is 5.37. The third kappa shape index (κ3) is 7.11. The lowest BCUT2D eigenvalue weighted by Gasteiger charge is -2.15. The number of aliphatic imine (C=N–C) groups is 1. The number of para-hydroxylation sites is 1. The minimum absolute atomic E-state index is 0.0822. The Bertz CT molecular complexity index is 1600. The summed E-state index contributed by atoms with van der Waals surface area (Å²) in [7, 11) is 2.84. The van der Waals surface area contributed by atoms with E-state index in [2.05, 4.69) is 16.9 Å². The second-order valence-corrected chi connectivity index (χ2v) is 10.4. The number of hydrogen-bond donors (Lipinski definition) is 0. The Morgan fingerprint density at radius 2 is 1.71 bits per heavy atom. The minimum Gasteiger partial charge on any atom is -0.493 e. The fraction of sp³-hybridized carbons (Fsp3) is 0.182. The van der Waals surface area contributed by atoms with Crippen LogP contribution in [0.5, 0.6) is 11.5 Å². The van der Waals surface area contributed by atoms with E-state index in [1.165, 1.54) is 30.5 Å². The molecule has 1 fully saturated rings. The Balaban J connectivity index is 1.32. The lowest BCUT2D eigenvalue weighted by molar-refractivity contribution is -0.122. The fourth-order valence-electron chi connectivity index (χ4n) is 4.35. The molecule has 0 spiro atoms. The average molecular weight is 583 g/mol. The lowest BCUT2D eigenvalue weighted by Crippen LogP contribution is -2.30. The van der Waals surface area contributed by atoms with Crippen molar-refractivity contribution in [1.29, 1.82) is 0 Å². The van der Waals surface area contributed by atoms with Crippen LogP contribution in [-0.2, 0) is 22.6 Å². The summed E-state index contributed by atoms with van der Waals surface area (Å²) < 4.78 is 21.6. The average Bonchev–Trinajstić information content (AvgIpc) is 3.61. The van der Waals surface area contributed by atoms with Gasteiger partial charge in [-0.15, -0.1) is 0 Å². The van der Waals surface area contributed by atoms with E-state index < -0.39 is 5.97 Å². The molecule has 9 heteroatoms. The van der Waals surface area contributed by atoms with Crippen LogP contribution in [0.2, 0.25) is 0 Å². The quantitative estimate of drug-likeness (QED) is 0.140. The molecule has 2 heterocycles. The van der Waals surface area contributed by atoms with Crippen LogP contribution in [-0.4, -0.2) is 42.7 Å². The Labute approximate surface area is 248 Å². The molecule has 3 aromatic carbocycles. The van der Waals surface area contributed by atoms with Crippen molar-refractivity contribution in [3.63, 3.8) is 0 Å². The van der Waals surface area contributed by atoms with Gasteiger partial charge in [-0.05, 0) is 78.2 Å². The predicted molar refractivity (Wildman–Crippen MR) is 163 cm³/mol. The molecule has 1 aliphatic rings. The van der Waals surface area contributed by atoms with Gasteiger partial charge in [0, 0.05) is 6.54 Å². The van der Waals surface area contributed by atoms with Gasteiger partial charge in [0.25, 0.3) is 5.91 Å². The van der Waals surface area contributed by atoms with E-state index in [0.717, 1.165) is 24.1 Å². The summed E-state index contributed by atoms with van der Waals surface area (Å²) in [6.07, 6.45) is 3.52. The van der Waals surface area contributed by atoms with E-state index in [0.29, 0.717) is 33.9 Å². The van der Waals surface area contributed by atoms with Crippen molar-refractivity contribution in [1.82, 2.24) is 4.90 Å². The zero-order chi connectivity index (χ0) is 29.3. The largest absolute Gasteiger partial charge is 0.493 e. The molecular weight excluding hydrogens is 552 g/mol. The maximum absolute atomic E-state index is 13.6. The van der Waals surface area contributed by atoms with Crippen molar-refractivity contribution in [3.05, 3.63) is 119 Å². The molecule has 0 bridgehead atoms. The van der Waals surface area contributed by atoms with Crippen LogP contribution < -0.4 is 9.47 Å². The molecule has 0 N–H and O–H groups in total. The molecule has 0 aliphatic carbocycles.